The fourth-order valence-electron chi connectivity index (χ4n) is 2.57. The lowest BCUT2D eigenvalue weighted by atomic mass is 9.96. The first-order valence-electron chi connectivity index (χ1n) is 6.67. The molecule has 0 aliphatic carbocycles. The molecule has 1 aliphatic rings. The van der Waals surface area contributed by atoms with Crippen molar-refractivity contribution in [2.24, 2.45) is 5.92 Å². The lowest BCUT2D eigenvalue weighted by molar-refractivity contribution is -0.145. The molecule has 1 aromatic carbocycles. The van der Waals surface area contributed by atoms with Gasteiger partial charge in [-0.25, -0.2) is 0 Å². The summed E-state index contributed by atoms with van der Waals surface area (Å²) in [5.74, 6) is -0.844. The van der Waals surface area contributed by atoms with Crippen LogP contribution in [0.2, 0.25) is 0 Å². The van der Waals surface area contributed by atoms with Gasteiger partial charge < -0.3 is 9.64 Å². The van der Waals surface area contributed by atoms with Crippen LogP contribution in [0.15, 0.2) is 36.5 Å². The Hall–Kier alpha value is -2.63. The average molecular weight is 285 g/mol. The topological polar surface area (TPSA) is 75.3 Å². The third kappa shape index (κ3) is 2.40. The van der Waals surface area contributed by atoms with Crippen molar-refractivity contribution < 1.29 is 14.3 Å². The highest BCUT2D eigenvalue weighted by molar-refractivity contribution is 6.07. The Labute approximate surface area is 121 Å². The van der Waals surface area contributed by atoms with Crippen LogP contribution < -0.4 is 4.90 Å². The summed E-state index contributed by atoms with van der Waals surface area (Å²) in [6, 6.07) is 8.98. The zero-order valence-corrected chi connectivity index (χ0v) is 11.6. The number of anilines is 1. The number of esters is 1. The Morgan fingerprint density at radius 3 is 2.81 bits per heavy atom. The summed E-state index contributed by atoms with van der Waals surface area (Å²) in [6.07, 6.45) is 2.12. The highest BCUT2D eigenvalue weighted by Gasteiger charge is 2.34. The minimum Gasteiger partial charge on any atom is -0.469 e. The quantitative estimate of drug-likeness (QED) is 0.846. The van der Waals surface area contributed by atoms with E-state index in [4.69, 9.17) is 4.74 Å². The largest absolute Gasteiger partial charge is 0.469 e. The molecule has 1 aliphatic heterocycles. The monoisotopic (exact) mass is 285 g/mol. The van der Waals surface area contributed by atoms with Crippen molar-refractivity contribution in [3.8, 4) is 0 Å². The minimum absolute atomic E-state index is 0.146. The molecule has 0 bridgehead atoms. The summed E-state index contributed by atoms with van der Waals surface area (Å²) in [5, 5.41) is 6.83. The van der Waals surface area contributed by atoms with Crippen LogP contribution in [0.5, 0.6) is 0 Å². The van der Waals surface area contributed by atoms with Crippen molar-refractivity contribution in [1.82, 2.24) is 10.2 Å². The van der Waals surface area contributed by atoms with E-state index >= 15 is 0 Å². The number of hydrogen-bond acceptors (Lipinski definition) is 4. The molecule has 0 saturated heterocycles. The molecule has 3 rings (SSSR count). The zero-order valence-electron chi connectivity index (χ0n) is 11.6. The molecular weight excluding hydrogens is 270 g/mol. The Balaban J connectivity index is 1.94. The van der Waals surface area contributed by atoms with Crippen LogP contribution in [0.1, 0.15) is 16.1 Å². The number of aromatic nitrogens is 2. The maximum atomic E-state index is 12.6. The highest BCUT2D eigenvalue weighted by Crippen LogP contribution is 2.29. The van der Waals surface area contributed by atoms with Gasteiger partial charge in [-0.05, 0) is 12.1 Å². The lowest BCUT2D eigenvalue weighted by Crippen LogP contribution is -2.42. The van der Waals surface area contributed by atoms with Gasteiger partial charge in [0.25, 0.3) is 5.91 Å². The van der Waals surface area contributed by atoms with Crippen molar-refractivity contribution in [3.05, 3.63) is 47.8 Å². The van der Waals surface area contributed by atoms with Crippen LogP contribution in [0.3, 0.4) is 0 Å². The number of nitrogens with one attached hydrogen (secondary N) is 1. The van der Waals surface area contributed by atoms with Gasteiger partial charge in [-0.2, -0.15) is 5.10 Å². The fourth-order valence-corrected chi connectivity index (χ4v) is 2.57. The number of rotatable bonds is 2. The number of benzene rings is 1. The molecule has 2 heterocycles. The Kier molecular flexibility index (Phi) is 3.43. The Morgan fingerprint density at radius 2 is 2.10 bits per heavy atom. The zero-order chi connectivity index (χ0) is 14.8. The van der Waals surface area contributed by atoms with E-state index in [1.54, 1.807) is 23.2 Å². The summed E-state index contributed by atoms with van der Waals surface area (Å²) in [4.78, 5) is 26.0. The molecule has 2 aromatic rings. The van der Waals surface area contributed by atoms with Crippen LogP contribution in [0.4, 0.5) is 5.69 Å². The smallest absolute Gasteiger partial charge is 0.310 e. The van der Waals surface area contributed by atoms with Crippen LogP contribution in [-0.2, 0) is 16.0 Å². The molecule has 21 heavy (non-hydrogen) atoms. The first-order chi connectivity index (χ1) is 10.2. The molecule has 0 spiro atoms. The molecule has 1 amide bonds. The van der Waals surface area contributed by atoms with E-state index in [0.717, 1.165) is 11.4 Å². The normalized spacial score (nSPS) is 17.2. The van der Waals surface area contributed by atoms with E-state index in [1.807, 2.05) is 18.2 Å². The van der Waals surface area contributed by atoms with Gasteiger partial charge in [0.15, 0.2) is 0 Å². The van der Waals surface area contributed by atoms with Crippen molar-refractivity contribution in [1.29, 1.82) is 0 Å². The highest BCUT2D eigenvalue weighted by atomic mass is 16.5. The lowest BCUT2D eigenvalue weighted by Gasteiger charge is -2.30. The van der Waals surface area contributed by atoms with Gasteiger partial charge >= 0.3 is 5.97 Å². The number of hydrogen-bond donors (Lipinski definition) is 1. The van der Waals surface area contributed by atoms with Gasteiger partial charge in [-0.3, -0.25) is 14.7 Å². The second-order valence-corrected chi connectivity index (χ2v) is 4.94. The molecule has 0 saturated carbocycles. The first-order valence-corrected chi connectivity index (χ1v) is 6.67. The Morgan fingerprint density at radius 1 is 1.33 bits per heavy atom. The minimum atomic E-state index is -0.379. The van der Waals surface area contributed by atoms with Crippen molar-refractivity contribution in [3.63, 3.8) is 0 Å². The van der Waals surface area contributed by atoms with Gasteiger partial charge in [0.1, 0.15) is 0 Å². The summed E-state index contributed by atoms with van der Waals surface area (Å²) < 4.78 is 4.80. The van der Waals surface area contributed by atoms with E-state index < -0.39 is 0 Å². The summed E-state index contributed by atoms with van der Waals surface area (Å²) in [6.45, 7) is 0.299. The van der Waals surface area contributed by atoms with Gasteiger partial charge in [0, 0.05) is 18.5 Å². The van der Waals surface area contributed by atoms with Gasteiger partial charge in [-0.15, -0.1) is 0 Å². The van der Waals surface area contributed by atoms with E-state index in [-0.39, 0.29) is 17.8 Å². The number of H-pyrrole nitrogens is 1. The van der Waals surface area contributed by atoms with E-state index in [1.165, 1.54) is 7.11 Å². The third-order valence-corrected chi connectivity index (χ3v) is 3.64. The third-order valence-electron chi connectivity index (χ3n) is 3.64. The SMILES string of the molecule is COC(=O)C1Cc2[nH]ncc2N(C(=O)c2ccccc2)C1. The molecule has 1 unspecified atom stereocenters. The maximum Gasteiger partial charge on any atom is 0.310 e. The number of amides is 1. The molecule has 6 nitrogen and oxygen atoms in total. The number of carbonyl (C=O) groups excluding carboxylic acids is 2. The molecule has 6 heteroatoms. The number of fused-ring (bicyclic) bond motifs is 1. The second kappa shape index (κ2) is 5.40. The number of nitrogens with zero attached hydrogens (tertiary/aromatic N) is 2. The van der Waals surface area contributed by atoms with Crippen LogP contribution in [0.25, 0.3) is 0 Å². The van der Waals surface area contributed by atoms with Crippen molar-refractivity contribution in [2.45, 2.75) is 6.42 Å². The van der Waals surface area contributed by atoms with Crippen molar-refractivity contribution >= 4 is 17.6 Å². The van der Waals surface area contributed by atoms with Crippen LogP contribution in [0, 0.1) is 5.92 Å². The van der Waals surface area contributed by atoms with E-state index in [9.17, 15) is 9.59 Å². The summed E-state index contributed by atoms with van der Waals surface area (Å²) in [7, 11) is 1.36. The number of carbonyl (C=O) groups is 2. The molecule has 1 atom stereocenters. The standard InChI is InChI=1S/C15H15N3O3/c1-21-15(20)11-7-12-13(8-16-17-12)18(9-11)14(19)10-5-3-2-4-6-10/h2-6,8,11H,7,9H2,1H3,(H,16,17). The van der Waals surface area contributed by atoms with Gasteiger partial charge in [-0.1, -0.05) is 18.2 Å². The van der Waals surface area contributed by atoms with Gasteiger partial charge in [0.05, 0.1) is 30.6 Å². The maximum absolute atomic E-state index is 12.6. The predicted molar refractivity (Wildman–Crippen MR) is 75.9 cm³/mol. The first kappa shape index (κ1) is 13.4. The number of aromatic amines is 1. The second-order valence-electron chi connectivity index (χ2n) is 4.94. The van der Waals surface area contributed by atoms with E-state index in [2.05, 4.69) is 10.2 Å². The predicted octanol–water partition coefficient (Wildman–Crippen LogP) is 1.40. The number of methoxy groups -OCH3 is 1. The summed E-state index contributed by atoms with van der Waals surface area (Å²) >= 11 is 0. The molecule has 1 N–H and O–H groups in total. The van der Waals surface area contributed by atoms with Crippen molar-refractivity contribution in [2.75, 3.05) is 18.6 Å². The molecule has 1 aromatic heterocycles. The van der Waals surface area contributed by atoms with E-state index in [0.29, 0.717) is 18.5 Å². The van der Waals surface area contributed by atoms with Gasteiger partial charge in [0.2, 0.25) is 0 Å². The fraction of sp³-hybridized carbons (Fsp3) is 0.267. The molecular formula is C15H15N3O3. The molecule has 0 radical (unpaired) electrons. The van der Waals surface area contributed by atoms with Crippen LogP contribution >= 0.6 is 0 Å². The average Bonchev–Trinajstić information content (AvgIpc) is 3.01. The van der Waals surface area contributed by atoms with Crippen LogP contribution in [-0.4, -0.2) is 35.7 Å². The molecule has 0 fully saturated rings. The number of ether oxygens (including phenoxy) is 1. The summed E-state index contributed by atoms with van der Waals surface area (Å²) in [5.41, 5.74) is 2.08. The Bertz CT molecular complexity index is 666. The molecule has 108 valence electrons.